The number of rotatable bonds is 0. The minimum Gasteiger partial charge on any atom is -0.298 e. The number of hydrogen-bond donors (Lipinski definition) is 0. The molecule has 0 saturated heterocycles. The Morgan fingerprint density at radius 3 is 3.00 bits per heavy atom. The van der Waals surface area contributed by atoms with Crippen LogP contribution in [-0.2, 0) is 0 Å². The van der Waals surface area contributed by atoms with Crippen molar-refractivity contribution in [3.05, 3.63) is 48.4 Å². The first-order valence-corrected chi connectivity index (χ1v) is 5.83. The lowest BCUT2D eigenvalue weighted by Gasteiger charge is -2.18. The molecule has 88 valence electrons. The van der Waals surface area contributed by atoms with Crippen LogP contribution in [0.15, 0.2) is 42.7 Å². The zero-order valence-electron chi connectivity index (χ0n) is 9.55. The lowest BCUT2D eigenvalue weighted by molar-refractivity contribution is 0.453. The molecule has 0 aliphatic carbocycles. The Bertz CT molecular complexity index is 788. The third-order valence-electron chi connectivity index (χ3n) is 3.33. The highest BCUT2D eigenvalue weighted by Crippen LogP contribution is 2.32. The van der Waals surface area contributed by atoms with Crippen LogP contribution in [0.3, 0.4) is 0 Å². The second-order valence-corrected chi connectivity index (χ2v) is 4.38. The number of aromatic nitrogens is 2. The van der Waals surface area contributed by atoms with E-state index in [1.807, 2.05) is 40.8 Å². The van der Waals surface area contributed by atoms with E-state index in [0.717, 1.165) is 21.5 Å². The number of para-hydroxylation sites is 1. The second-order valence-electron chi connectivity index (χ2n) is 4.38. The van der Waals surface area contributed by atoms with E-state index in [-0.39, 0.29) is 6.54 Å². The van der Waals surface area contributed by atoms with Gasteiger partial charge in [-0.3, -0.25) is 4.40 Å². The summed E-state index contributed by atoms with van der Waals surface area (Å²) in [5.74, 6) is 0. The Balaban J connectivity index is 2.20. The lowest BCUT2D eigenvalue weighted by atomic mass is 10.2. The first-order valence-electron chi connectivity index (χ1n) is 5.83. The van der Waals surface area contributed by atoms with Gasteiger partial charge in [0, 0.05) is 5.39 Å². The van der Waals surface area contributed by atoms with E-state index >= 15 is 0 Å². The van der Waals surface area contributed by atoms with Crippen molar-refractivity contribution >= 4 is 28.2 Å². The van der Waals surface area contributed by atoms with Crippen molar-refractivity contribution in [2.45, 2.75) is 0 Å². The summed E-state index contributed by atoms with van der Waals surface area (Å²) in [7, 11) is 0. The molecule has 1 aliphatic rings. The molecule has 3 aromatic rings. The summed E-state index contributed by atoms with van der Waals surface area (Å²) in [6.45, 7) is 0.274. The Hall–Kier alpha value is -2.36. The predicted octanol–water partition coefficient (Wildman–Crippen LogP) is 3.21. The number of hydrogen-bond acceptors (Lipinski definition) is 2. The smallest absolute Gasteiger partial charge is 0.119 e. The van der Waals surface area contributed by atoms with Gasteiger partial charge < -0.3 is 0 Å². The number of halogens is 1. The number of fused-ring (bicyclic) bond motifs is 5. The summed E-state index contributed by atoms with van der Waals surface area (Å²) < 4.78 is 15.9. The van der Waals surface area contributed by atoms with Gasteiger partial charge in [0.15, 0.2) is 0 Å². The zero-order valence-corrected chi connectivity index (χ0v) is 9.55. The highest BCUT2D eigenvalue weighted by Gasteiger charge is 2.18. The van der Waals surface area contributed by atoms with Crippen LogP contribution in [0.1, 0.15) is 5.69 Å². The van der Waals surface area contributed by atoms with Crippen molar-refractivity contribution < 1.29 is 4.48 Å². The summed E-state index contributed by atoms with van der Waals surface area (Å²) in [5.41, 5.74) is 3.13. The Morgan fingerprint density at radius 2 is 2.06 bits per heavy atom. The molecule has 4 heteroatoms. The maximum atomic E-state index is 14.0. The normalized spacial score (nSPS) is 14.4. The number of benzene rings is 1. The van der Waals surface area contributed by atoms with Crippen LogP contribution in [0.25, 0.3) is 22.5 Å². The molecular weight excluding hydrogens is 229 g/mol. The minimum absolute atomic E-state index is 0.274. The number of nitrogens with zero attached hydrogens (tertiary/aromatic N) is 3. The Morgan fingerprint density at radius 1 is 1.17 bits per heavy atom. The van der Waals surface area contributed by atoms with Crippen molar-refractivity contribution in [1.82, 2.24) is 9.38 Å². The van der Waals surface area contributed by atoms with Crippen molar-refractivity contribution in [2.24, 2.45) is 0 Å². The van der Waals surface area contributed by atoms with Gasteiger partial charge >= 0.3 is 0 Å². The van der Waals surface area contributed by atoms with Crippen LogP contribution < -0.4 is 5.12 Å². The molecule has 1 aromatic carbocycles. The third kappa shape index (κ3) is 1.14. The molecule has 0 saturated carbocycles. The van der Waals surface area contributed by atoms with Gasteiger partial charge in [0.1, 0.15) is 12.0 Å². The highest BCUT2D eigenvalue weighted by atomic mass is 19.2. The molecule has 0 N–H and O–H groups in total. The van der Waals surface area contributed by atoms with Gasteiger partial charge in [-0.2, -0.15) is 0 Å². The topological polar surface area (TPSA) is 20.5 Å². The SMILES string of the molecule is FN1CC=Cc2ncn3c(cc4ccccc43)c21. The first kappa shape index (κ1) is 9.65. The molecule has 2 aromatic heterocycles. The fourth-order valence-corrected chi connectivity index (χ4v) is 2.51. The van der Waals surface area contributed by atoms with E-state index in [9.17, 15) is 4.48 Å². The Kier molecular flexibility index (Phi) is 1.78. The van der Waals surface area contributed by atoms with Gasteiger partial charge in [0.05, 0.1) is 23.3 Å². The van der Waals surface area contributed by atoms with Crippen LogP contribution in [0, 0.1) is 0 Å². The van der Waals surface area contributed by atoms with Crippen molar-refractivity contribution in [1.29, 1.82) is 0 Å². The second kappa shape index (κ2) is 3.32. The van der Waals surface area contributed by atoms with E-state index in [4.69, 9.17) is 0 Å². The molecule has 0 fully saturated rings. The van der Waals surface area contributed by atoms with Gasteiger partial charge in [0.2, 0.25) is 0 Å². The predicted molar refractivity (Wildman–Crippen MR) is 70.2 cm³/mol. The fraction of sp³-hybridized carbons (Fsp3) is 0.0714. The maximum absolute atomic E-state index is 14.0. The van der Waals surface area contributed by atoms with Crippen molar-refractivity contribution in [2.75, 3.05) is 11.7 Å². The van der Waals surface area contributed by atoms with Crippen LogP contribution in [0.4, 0.5) is 10.2 Å². The first-order chi connectivity index (χ1) is 8.84. The highest BCUT2D eigenvalue weighted by molar-refractivity contribution is 5.94. The Labute approximate surface area is 103 Å². The summed E-state index contributed by atoms with van der Waals surface area (Å²) >= 11 is 0. The molecule has 0 unspecified atom stereocenters. The van der Waals surface area contributed by atoms with Gasteiger partial charge in [-0.15, -0.1) is 0 Å². The molecule has 18 heavy (non-hydrogen) atoms. The molecule has 0 atom stereocenters. The molecule has 4 rings (SSSR count). The van der Waals surface area contributed by atoms with Crippen LogP contribution in [0.2, 0.25) is 0 Å². The van der Waals surface area contributed by atoms with E-state index in [1.165, 1.54) is 0 Å². The lowest BCUT2D eigenvalue weighted by Crippen LogP contribution is -2.17. The van der Waals surface area contributed by atoms with Crippen LogP contribution in [-0.4, -0.2) is 15.9 Å². The van der Waals surface area contributed by atoms with Gasteiger partial charge in [-0.25, -0.2) is 10.1 Å². The maximum Gasteiger partial charge on any atom is 0.119 e. The van der Waals surface area contributed by atoms with E-state index in [2.05, 4.69) is 4.98 Å². The molecule has 3 nitrogen and oxygen atoms in total. The monoisotopic (exact) mass is 239 g/mol. The van der Waals surface area contributed by atoms with Crippen LogP contribution >= 0.6 is 0 Å². The largest absolute Gasteiger partial charge is 0.298 e. The summed E-state index contributed by atoms with van der Waals surface area (Å²) in [5, 5.41) is 1.84. The standard InChI is InChI=1S/C14H10FN3/c15-18-7-3-5-11-14(18)13-8-10-4-1-2-6-12(10)17(13)9-16-11/h1-6,8-9H,7H2. The summed E-state index contributed by atoms with van der Waals surface area (Å²) in [4.78, 5) is 4.31. The van der Waals surface area contributed by atoms with Crippen molar-refractivity contribution in [3.8, 4) is 0 Å². The number of anilines is 1. The van der Waals surface area contributed by atoms with Gasteiger partial charge in [0.25, 0.3) is 0 Å². The van der Waals surface area contributed by atoms with E-state index < -0.39 is 0 Å². The van der Waals surface area contributed by atoms with Gasteiger partial charge in [-0.05, 0) is 18.2 Å². The summed E-state index contributed by atoms with van der Waals surface area (Å²) in [6, 6.07) is 9.99. The van der Waals surface area contributed by atoms with Crippen LogP contribution in [0.5, 0.6) is 0 Å². The quantitative estimate of drug-likeness (QED) is 0.561. The van der Waals surface area contributed by atoms with E-state index in [1.54, 1.807) is 12.4 Å². The molecular formula is C14H10FN3. The molecule has 0 bridgehead atoms. The fourth-order valence-electron chi connectivity index (χ4n) is 2.51. The minimum atomic E-state index is 0.274. The molecule has 0 amide bonds. The third-order valence-corrected chi connectivity index (χ3v) is 3.33. The van der Waals surface area contributed by atoms with Gasteiger partial charge in [-0.1, -0.05) is 28.8 Å². The summed E-state index contributed by atoms with van der Waals surface area (Å²) in [6.07, 6.45) is 5.39. The average molecular weight is 239 g/mol. The molecule has 0 radical (unpaired) electrons. The van der Waals surface area contributed by atoms with E-state index in [0.29, 0.717) is 11.4 Å². The van der Waals surface area contributed by atoms with Crippen molar-refractivity contribution in [3.63, 3.8) is 0 Å². The molecule has 3 heterocycles. The average Bonchev–Trinajstić information content (AvgIpc) is 2.77. The molecule has 1 aliphatic heterocycles. The molecule has 0 spiro atoms. The zero-order chi connectivity index (χ0) is 12.1.